The maximum Gasteiger partial charge on any atom is 0.126 e. The van der Waals surface area contributed by atoms with Crippen molar-refractivity contribution in [1.29, 1.82) is 0 Å². The Kier molecular flexibility index (Phi) is 4.81. The van der Waals surface area contributed by atoms with Crippen LogP contribution in [0, 0.1) is 5.82 Å². The molecule has 1 unspecified atom stereocenters. The molecule has 0 spiro atoms. The van der Waals surface area contributed by atoms with Crippen molar-refractivity contribution >= 4 is 23.2 Å². The predicted octanol–water partition coefficient (Wildman–Crippen LogP) is 4.45. The molecule has 0 aliphatic heterocycles. The molecular weight excluding hydrogens is 286 g/mol. The molecule has 0 fully saturated rings. The van der Waals surface area contributed by atoms with Gasteiger partial charge in [0.25, 0.3) is 0 Å². The molecule has 1 N–H and O–H groups in total. The van der Waals surface area contributed by atoms with Gasteiger partial charge < -0.3 is 5.11 Å². The summed E-state index contributed by atoms with van der Waals surface area (Å²) in [6.45, 7) is -0.0771. The Morgan fingerprint density at radius 3 is 2.47 bits per heavy atom. The van der Waals surface area contributed by atoms with Crippen molar-refractivity contribution in [3.8, 4) is 0 Å². The largest absolute Gasteiger partial charge is 0.396 e. The highest BCUT2D eigenvalue weighted by Gasteiger charge is 2.14. The SMILES string of the molecule is OCC(Cc1cc(Cl)ccc1F)c1cccc(Cl)c1. The lowest BCUT2D eigenvalue weighted by Gasteiger charge is -2.15. The number of halogens is 3. The second-order valence-electron chi connectivity index (χ2n) is 4.37. The van der Waals surface area contributed by atoms with E-state index in [1.165, 1.54) is 12.1 Å². The van der Waals surface area contributed by atoms with E-state index in [2.05, 4.69) is 0 Å². The van der Waals surface area contributed by atoms with E-state index in [9.17, 15) is 9.50 Å². The van der Waals surface area contributed by atoms with Crippen molar-refractivity contribution in [2.75, 3.05) is 6.61 Å². The Balaban J connectivity index is 2.26. The Hall–Kier alpha value is -1.09. The number of aliphatic hydroxyl groups is 1. The molecule has 0 saturated carbocycles. The Morgan fingerprint density at radius 1 is 1.05 bits per heavy atom. The average Bonchev–Trinajstić information content (AvgIpc) is 2.39. The normalized spacial score (nSPS) is 12.4. The third-order valence-electron chi connectivity index (χ3n) is 3.01. The number of aliphatic hydroxyl groups excluding tert-OH is 1. The molecule has 0 aromatic heterocycles. The lowest BCUT2D eigenvalue weighted by Crippen LogP contribution is -2.09. The van der Waals surface area contributed by atoms with Crippen LogP contribution >= 0.6 is 23.2 Å². The van der Waals surface area contributed by atoms with Crippen LogP contribution in [0.3, 0.4) is 0 Å². The van der Waals surface area contributed by atoms with Crippen LogP contribution in [-0.2, 0) is 6.42 Å². The van der Waals surface area contributed by atoms with Gasteiger partial charge in [-0.2, -0.15) is 0 Å². The van der Waals surface area contributed by atoms with E-state index >= 15 is 0 Å². The molecule has 1 nitrogen and oxygen atoms in total. The van der Waals surface area contributed by atoms with Crippen LogP contribution in [0.1, 0.15) is 17.0 Å². The van der Waals surface area contributed by atoms with Gasteiger partial charge in [-0.1, -0.05) is 35.3 Å². The Morgan fingerprint density at radius 2 is 1.79 bits per heavy atom. The smallest absolute Gasteiger partial charge is 0.126 e. The summed E-state index contributed by atoms with van der Waals surface area (Å²) in [6, 6.07) is 11.7. The molecule has 1 atom stereocenters. The summed E-state index contributed by atoms with van der Waals surface area (Å²) in [5.74, 6) is -0.517. The van der Waals surface area contributed by atoms with Crippen LogP contribution in [0.25, 0.3) is 0 Å². The number of hydrogen-bond acceptors (Lipinski definition) is 1. The molecule has 100 valence electrons. The van der Waals surface area contributed by atoms with E-state index in [-0.39, 0.29) is 18.3 Å². The zero-order valence-electron chi connectivity index (χ0n) is 10.1. The molecule has 0 radical (unpaired) electrons. The highest BCUT2D eigenvalue weighted by molar-refractivity contribution is 6.30. The van der Waals surface area contributed by atoms with Crippen LogP contribution in [0.4, 0.5) is 4.39 Å². The molecule has 0 aliphatic carbocycles. The van der Waals surface area contributed by atoms with Gasteiger partial charge in [0.2, 0.25) is 0 Å². The summed E-state index contributed by atoms with van der Waals surface area (Å²) < 4.78 is 13.7. The lowest BCUT2D eigenvalue weighted by atomic mass is 9.92. The molecule has 19 heavy (non-hydrogen) atoms. The fourth-order valence-electron chi connectivity index (χ4n) is 2.01. The van der Waals surface area contributed by atoms with Crippen LogP contribution in [0.5, 0.6) is 0 Å². The van der Waals surface area contributed by atoms with Gasteiger partial charge in [0.15, 0.2) is 0 Å². The maximum atomic E-state index is 13.7. The first-order valence-electron chi connectivity index (χ1n) is 5.90. The molecule has 0 saturated heterocycles. The second kappa shape index (κ2) is 6.38. The second-order valence-corrected chi connectivity index (χ2v) is 5.25. The molecule has 0 aliphatic rings. The first-order valence-corrected chi connectivity index (χ1v) is 6.66. The number of benzene rings is 2. The topological polar surface area (TPSA) is 20.2 Å². The zero-order valence-corrected chi connectivity index (χ0v) is 11.6. The molecule has 0 heterocycles. The Bertz CT molecular complexity index is 572. The number of hydrogen-bond donors (Lipinski definition) is 1. The monoisotopic (exact) mass is 298 g/mol. The molecule has 0 bridgehead atoms. The van der Waals surface area contributed by atoms with Crippen LogP contribution in [0.2, 0.25) is 10.0 Å². The summed E-state index contributed by atoms with van der Waals surface area (Å²) in [5.41, 5.74) is 1.38. The minimum absolute atomic E-state index is 0.0771. The van der Waals surface area contributed by atoms with E-state index in [0.717, 1.165) is 5.56 Å². The lowest BCUT2D eigenvalue weighted by molar-refractivity contribution is 0.263. The van der Waals surface area contributed by atoms with Crippen LogP contribution < -0.4 is 0 Å². The van der Waals surface area contributed by atoms with Crippen molar-refractivity contribution < 1.29 is 9.50 Å². The van der Waals surface area contributed by atoms with Gasteiger partial charge in [-0.15, -0.1) is 0 Å². The summed E-state index contributed by atoms with van der Waals surface area (Å²) in [7, 11) is 0. The molecule has 2 aromatic carbocycles. The minimum atomic E-state index is -0.315. The summed E-state index contributed by atoms with van der Waals surface area (Å²) in [5, 5.41) is 10.6. The first kappa shape index (κ1) is 14.3. The van der Waals surface area contributed by atoms with Gasteiger partial charge in [-0.25, -0.2) is 4.39 Å². The van der Waals surface area contributed by atoms with E-state index in [4.69, 9.17) is 23.2 Å². The Labute approximate surface area is 121 Å². The van der Waals surface area contributed by atoms with Crippen molar-refractivity contribution in [2.24, 2.45) is 0 Å². The molecular formula is C15H13Cl2FO. The summed E-state index contributed by atoms with van der Waals surface area (Å²) >= 11 is 11.8. The van der Waals surface area contributed by atoms with Crippen LogP contribution in [0.15, 0.2) is 42.5 Å². The van der Waals surface area contributed by atoms with E-state index in [0.29, 0.717) is 22.0 Å². The fourth-order valence-corrected chi connectivity index (χ4v) is 2.41. The van der Waals surface area contributed by atoms with Crippen LogP contribution in [-0.4, -0.2) is 11.7 Å². The van der Waals surface area contributed by atoms with Gasteiger partial charge in [0.1, 0.15) is 5.82 Å². The van der Waals surface area contributed by atoms with E-state index in [1.54, 1.807) is 18.2 Å². The zero-order chi connectivity index (χ0) is 13.8. The van der Waals surface area contributed by atoms with E-state index < -0.39 is 0 Å². The number of rotatable bonds is 4. The van der Waals surface area contributed by atoms with Crippen molar-refractivity contribution in [1.82, 2.24) is 0 Å². The highest BCUT2D eigenvalue weighted by Crippen LogP contribution is 2.25. The minimum Gasteiger partial charge on any atom is -0.396 e. The summed E-state index contributed by atoms with van der Waals surface area (Å²) in [6.07, 6.45) is 0.378. The van der Waals surface area contributed by atoms with Gasteiger partial charge in [-0.05, 0) is 47.9 Å². The fraction of sp³-hybridized carbons (Fsp3) is 0.200. The molecule has 4 heteroatoms. The first-order chi connectivity index (χ1) is 9.10. The van der Waals surface area contributed by atoms with Gasteiger partial charge >= 0.3 is 0 Å². The third kappa shape index (κ3) is 3.69. The molecule has 2 aromatic rings. The maximum absolute atomic E-state index is 13.7. The van der Waals surface area contributed by atoms with E-state index in [1.807, 2.05) is 12.1 Å². The third-order valence-corrected chi connectivity index (χ3v) is 3.48. The van der Waals surface area contributed by atoms with Crippen molar-refractivity contribution in [3.63, 3.8) is 0 Å². The van der Waals surface area contributed by atoms with Gasteiger partial charge in [0, 0.05) is 16.0 Å². The van der Waals surface area contributed by atoms with Crippen molar-refractivity contribution in [2.45, 2.75) is 12.3 Å². The summed E-state index contributed by atoms with van der Waals surface area (Å²) in [4.78, 5) is 0. The predicted molar refractivity (Wildman–Crippen MR) is 76.4 cm³/mol. The molecule has 0 amide bonds. The van der Waals surface area contributed by atoms with Crippen molar-refractivity contribution in [3.05, 3.63) is 69.5 Å². The van der Waals surface area contributed by atoms with Gasteiger partial charge in [-0.3, -0.25) is 0 Å². The molecule has 2 rings (SSSR count). The quantitative estimate of drug-likeness (QED) is 0.884. The average molecular weight is 299 g/mol. The standard InChI is InChI=1S/C15H13Cl2FO/c16-13-3-1-2-10(7-13)12(9-19)6-11-8-14(17)4-5-15(11)18/h1-5,7-8,12,19H,6,9H2. The van der Waals surface area contributed by atoms with Gasteiger partial charge in [0.05, 0.1) is 6.61 Å². The highest BCUT2D eigenvalue weighted by atomic mass is 35.5.